The van der Waals surface area contributed by atoms with Gasteiger partial charge in [0, 0.05) is 0 Å². The molecule has 1 aliphatic rings. The molecule has 3 aromatic carbocycles. The lowest BCUT2D eigenvalue weighted by atomic mass is 9.98. The first-order valence-electron chi connectivity index (χ1n) is 6.96. The van der Waals surface area contributed by atoms with Crippen LogP contribution >= 0.6 is 0 Å². The van der Waals surface area contributed by atoms with Crippen molar-refractivity contribution in [2.24, 2.45) is 0 Å². The summed E-state index contributed by atoms with van der Waals surface area (Å²) in [6, 6.07) is 26.3. The average molecular weight is 244 g/mol. The summed E-state index contributed by atoms with van der Waals surface area (Å²) in [7, 11) is 0. The Kier molecular flexibility index (Phi) is 2.41. The molecule has 0 amide bonds. The van der Waals surface area contributed by atoms with Crippen molar-refractivity contribution in [1.29, 1.82) is 0 Å². The van der Waals surface area contributed by atoms with E-state index >= 15 is 0 Å². The van der Waals surface area contributed by atoms with Gasteiger partial charge in [0.25, 0.3) is 0 Å². The summed E-state index contributed by atoms with van der Waals surface area (Å²) in [6.07, 6.45) is 1.29. The molecule has 0 spiro atoms. The Hall–Kier alpha value is -2.08. The van der Waals surface area contributed by atoms with E-state index in [2.05, 4.69) is 72.8 Å². The number of fused-ring (bicyclic) bond motifs is 1. The molecular formula is C19H16. The van der Waals surface area contributed by atoms with Crippen LogP contribution in [0, 0.1) is 0 Å². The predicted octanol–water partition coefficient (Wildman–Crippen LogP) is 5.11. The van der Waals surface area contributed by atoms with E-state index in [0.717, 1.165) is 0 Å². The highest BCUT2D eigenvalue weighted by Gasteiger charge is 2.39. The average Bonchev–Trinajstić information content (AvgIpc) is 3.28. The van der Waals surface area contributed by atoms with E-state index in [1.54, 1.807) is 0 Å². The molecule has 0 radical (unpaired) electrons. The van der Waals surface area contributed by atoms with E-state index in [9.17, 15) is 0 Å². The molecule has 4 rings (SSSR count). The minimum Gasteiger partial charge on any atom is -0.0622 e. The molecule has 0 aliphatic heterocycles. The fourth-order valence-electron chi connectivity index (χ4n) is 3.18. The van der Waals surface area contributed by atoms with Crippen molar-refractivity contribution in [1.82, 2.24) is 0 Å². The molecule has 1 aliphatic carbocycles. The SMILES string of the molecule is c1ccc(C2CC2c2cccc3ccccc23)cc1. The summed E-state index contributed by atoms with van der Waals surface area (Å²) < 4.78 is 0. The molecule has 0 saturated heterocycles. The summed E-state index contributed by atoms with van der Waals surface area (Å²) in [5, 5.41) is 2.78. The molecule has 0 heteroatoms. The van der Waals surface area contributed by atoms with Gasteiger partial charge >= 0.3 is 0 Å². The Bertz CT molecular complexity index is 707. The molecule has 1 fully saturated rings. The minimum absolute atomic E-state index is 0.702. The van der Waals surface area contributed by atoms with Crippen LogP contribution in [0.5, 0.6) is 0 Å². The van der Waals surface area contributed by atoms with E-state index < -0.39 is 0 Å². The normalized spacial score (nSPS) is 21.5. The zero-order valence-corrected chi connectivity index (χ0v) is 10.8. The van der Waals surface area contributed by atoms with Crippen molar-refractivity contribution in [2.45, 2.75) is 18.3 Å². The monoisotopic (exact) mass is 244 g/mol. The number of hydrogen-bond acceptors (Lipinski definition) is 0. The summed E-state index contributed by atoms with van der Waals surface area (Å²) in [5.74, 6) is 1.42. The van der Waals surface area contributed by atoms with Gasteiger partial charge in [-0.05, 0) is 40.2 Å². The van der Waals surface area contributed by atoms with Crippen molar-refractivity contribution in [3.05, 3.63) is 83.9 Å². The van der Waals surface area contributed by atoms with Crippen LogP contribution in [0.25, 0.3) is 10.8 Å². The highest BCUT2D eigenvalue weighted by molar-refractivity contribution is 5.86. The van der Waals surface area contributed by atoms with Gasteiger partial charge in [-0.3, -0.25) is 0 Å². The summed E-state index contributed by atoms with van der Waals surface area (Å²) >= 11 is 0. The second-order valence-electron chi connectivity index (χ2n) is 5.43. The fourth-order valence-corrected chi connectivity index (χ4v) is 3.18. The van der Waals surface area contributed by atoms with Gasteiger partial charge in [-0.25, -0.2) is 0 Å². The van der Waals surface area contributed by atoms with Crippen molar-refractivity contribution in [3.63, 3.8) is 0 Å². The van der Waals surface area contributed by atoms with Crippen LogP contribution in [0.3, 0.4) is 0 Å². The highest BCUT2D eigenvalue weighted by atomic mass is 14.4. The second-order valence-corrected chi connectivity index (χ2v) is 5.43. The zero-order chi connectivity index (χ0) is 12.7. The van der Waals surface area contributed by atoms with Crippen LogP contribution < -0.4 is 0 Å². The van der Waals surface area contributed by atoms with Crippen LogP contribution in [0.15, 0.2) is 72.8 Å². The number of hydrogen-bond donors (Lipinski definition) is 0. The molecule has 0 heterocycles. The van der Waals surface area contributed by atoms with Crippen LogP contribution in [0.2, 0.25) is 0 Å². The van der Waals surface area contributed by atoms with Crippen molar-refractivity contribution in [2.75, 3.05) is 0 Å². The Balaban J connectivity index is 1.74. The molecule has 0 nitrogen and oxygen atoms in total. The highest BCUT2D eigenvalue weighted by Crippen LogP contribution is 2.55. The van der Waals surface area contributed by atoms with Gasteiger partial charge < -0.3 is 0 Å². The quantitative estimate of drug-likeness (QED) is 0.587. The standard InChI is InChI=1S/C19H16/c1-2-7-15(8-3-1)18-13-19(18)17-12-6-10-14-9-4-5-11-16(14)17/h1-12,18-19H,13H2. The Morgan fingerprint density at radius 2 is 1.37 bits per heavy atom. The van der Waals surface area contributed by atoms with Gasteiger partial charge in [0.15, 0.2) is 0 Å². The van der Waals surface area contributed by atoms with E-state index in [1.807, 2.05) is 0 Å². The first kappa shape index (κ1) is 10.8. The molecule has 0 aromatic heterocycles. The molecular weight excluding hydrogens is 228 g/mol. The smallest absolute Gasteiger partial charge is 0.00807 e. The van der Waals surface area contributed by atoms with Crippen LogP contribution in [-0.2, 0) is 0 Å². The van der Waals surface area contributed by atoms with Gasteiger partial charge in [0.2, 0.25) is 0 Å². The molecule has 0 bridgehead atoms. The molecule has 2 atom stereocenters. The van der Waals surface area contributed by atoms with Gasteiger partial charge in [-0.2, -0.15) is 0 Å². The van der Waals surface area contributed by atoms with Crippen molar-refractivity contribution < 1.29 is 0 Å². The van der Waals surface area contributed by atoms with E-state index in [1.165, 1.54) is 28.3 Å². The maximum Gasteiger partial charge on any atom is -0.00807 e. The van der Waals surface area contributed by atoms with Gasteiger partial charge in [0.1, 0.15) is 0 Å². The molecule has 19 heavy (non-hydrogen) atoms. The third-order valence-electron chi connectivity index (χ3n) is 4.24. The molecule has 1 saturated carbocycles. The first-order chi connectivity index (χ1) is 9.43. The predicted molar refractivity (Wildman–Crippen MR) is 80.5 cm³/mol. The van der Waals surface area contributed by atoms with Gasteiger partial charge in [-0.1, -0.05) is 72.8 Å². The number of benzene rings is 3. The minimum atomic E-state index is 0.702. The maximum absolute atomic E-state index is 2.30. The zero-order valence-electron chi connectivity index (χ0n) is 10.8. The lowest BCUT2D eigenvalue weighted by molar-refractivity contribution is 1.04. The lowest BCUT2D eigenvalue weighted by Crippen LogP contribution is -1.86. The van der Waals surface area contributed by atoms with Gasteiger partial charge in [0.05, 0.1) is 0 Å². The maximum atomic E-state index is 2.30. The second kappa shape index (κ2) is 4.24. The summed E-state index contributed by atoms with van der Waals surface area (Å²) in [4.78, 5) is 0. The Morgan fingerprint density at radius 1 is 0.632 bits per heavy atom. The summed E-state index contributed by atoms with van der Waals surface area (Å²) in [5.41, 5.74) is 3.01. The van der Waals surface area contributed by atoms with Crippen LogP contribution in [-0.4, -0.2) is 0 Å². The molecule has 92 valence electrons. The van der Waals surface area contributed by atoms with Crippen molar-refractivity contribution in [3.8, 4) is 0 Å². The Morgan fingerprint density at radius 3 is 2.26 bits per heavy atom. The molecule has 2 unspecified atom stereocenters. The van der Waals surface area contributed by atoms with E-state index in [0.29, 0.717) is 11.8 Å². The first-order valence-corrected chi connectivity index (χ1v) is 6.96. The third-order valence-corrected chi connectivity index (χ3v) is 4.24. The lowest BCUT2D eigenvalue weighted by Gasteiger charge is -2.06. The molecule has 3 aromatic rings. The molecule has 0 N–H and O–H groups in total. The number of rotatable bonds is 2. The van der Waals surface area contributed by atoms with E-state index in [-0.39, 0.29) is 0 Å². The van der Waals surface area contributed by atoms with Crippen molar-refractivity contribution >= 4 is 10.8 Å². The van der Waals surface area contributed by atoms with E-state index in [4.69, 9.17) is 0 Å². The third kappa shape index (κ3) is 1.84. The topological polar surface area (TPSA) is 0 Å². The largest absolute Gasteiger partial charge is 0.0622 e. The van der Waals surface area contributed by atoms with Crippen LogP contribution in [0.1, 0.15) is 29.4 Å². The van der Waals surface area contributed by atoms with Gasteiger partial charge in [-0.15, -0.1) is 0 Å². The Labute approximate surface area is 113 Å². The van der Waals surface area contributed by atoms with Crippen LogP contribution in [0.4, 0.5) is 0 Å². The fraction of sp³-hybridized carbons (Fsp3) is 0.158. The summed E-state index contributed by atoms with van der Waals surface area (Å²) in [6.45, 7) is 0.